The summed E-state index contributed by atoms with van der Waals surface area (Å²) in [7, 11) is 0. The molecule has 0 fully saturated rings. The molecule has 0 spiro atoms. The number of ketones is 1. The molecule has 0 radical (unpaired) electrons. The third-order valence-corrected chi connectivity index (χ3v) is 1.99. The van der Waals surface area contributed by atoms with Gasteiger partial charge in [-0.25, -0.2) is 0 Å². The lowest BCUT2D eigenvalue weighted by Crippen LogP contribution is -1.93. The number of H-pyrrole nitrogens is 1. The highest BCUT2D eigenvalue weighted by molar-refractivity contribution is 14.1. The fraction of sp³-hybridized carbons (Fsp3) is 0.333. The minimum Gasteiger partial charge on any atom is -0.294 e. The third-order valence-electron chi connectivity index (χ3n) is 1.23. The van der Waals surface area contributed by atoms with E-state index in [0.717, 1.165) is 10.1 Å². The van der Waals surface area contributed by atoms with Crippen molar-refractivity contribution in [2.45, 2.75) is 11.4 Å². The van der Waals surface area contributed by atoms with Crippen LogP contribution >= 0.6 is 22.6 Å². The highest BCUT2D eigenvalue weighted by atomic mass is 127. The Morgan fingerprint density at radius 3 is 3.00 bits per heavy atom. The first-order valence-electron chi connectivity index (χ1n) is 2.85. The summed E-state index contributed by atoms with van der Waals surface area (Å²) in [6.45, 7) is 1.54. The van der Waals surface area contributed by atoms with Crippen LogP contribution in [-0.2, 0) is 4.43 Å². The van der Waals surface area contributed by atoms with Crippen molar-refractivity contribution in [3.05, 3.63) is 17.5 Å². The van der Waals surface area contributed by atoms with Crippen molar-refractivity contribution in [2.24, 2.45) is 0 Å². The lowest BCUT2D eigenvalue weighted by Gasteiger charge is -1.90. The SMILES string of the molecule is CC(=O)c1cn[nH]c1CI. The average Bonchev–Trinajstić information content (AvgIpc) is 2.33. The number of rotatable bonds is 2. The van der Waals surface area contributed by atoms with Crippen LogP contribution in [0.3, 0.4) is 0 Å². The number of aromatic amines is 1. The van der Waals surface area contributed by atoms with Gasteiger partial charge in [0.25, 0.3) is 0 Å². The van der Waals surface area contributed by atoms with E-state index in [0.29, 0.717) is 5.56 Å². The van der Waals surface area contributed by atoms with Gasteiger partial charge < -0.3 is 0 Å². The number of Topliss-reactive ketones (excluding diaryl/α,β-unsaturated/α-hetero) is 1. The van der Waals surface area contributed by atoms with Crippen LogP contribution in [0.15, 0.2) is 6.20 Å². The fourth-order valence-electron chi connectivity index (χ4n) is 0.718. The number of hydrogen-bond acceptors (Lipinski definition) is 2. The minimum absolute atomic E-state index is 0.0698. The first-order chi connectivity index (χ1) is 4.75. The van der Waals surface area contributed by atoms with Crippen LogP contribution in [-0.4, -0.2) is 16.0 Å². The number of nitrogens with one attached hydrogen (secondary N) is 1. The van der Waals surface area contributed by atoms with Gasteiger partial charge in [0.05, 0.1) is 17.5 Å². The number of aromatic nitrogens is 2. The highest BCUT2D eigenvalue weighted by Crippen LogP contribution is 2.08. The summed E-state index contributed by atoms with van der Waals surface area (Å²) in [6, 6.07) is 0. The van der Waals surface area contributed by atoms with Crippen LogP contribution in [0.2, 0.25) is 0 Å². The number of carbonyl (C=O) groups is 1. The molecule has 0 atom stereocenters. The van der Waals surface area contributed by atoms with Gasteiger partial charge in [-0.05, 0) is 6.92 Å². The quantitative estimate of drug-likeness (QED) is 0.491. The molecule has 0 unspecified atom stereocenters. The summed E-state index contributed by atoms with van der Waals surface area (Å²) < 4.78 is 0.798. The largest absolute Gasteiger partial charge is 0.294 e. The number of halogens is 1. The van der Waals surface area contributed by atoms with Crippen LogP contribution in [0.4, 0.5) is 0 Å². The summed E-state index contributed by atoms with van der Waals surface area (Å²) in [6.07, 6.45) is 1.57. The molecule has 1 heterocycles. The normalized spacial score (nSPS) is 9.80. The molecule has 0 aliphatic heterocycles. The number of hydrogen-bond donors (Lipinski definition) is 1. The molecular weight excluding hydrogens is 243 g/mol. The van der Waals surface area contributed by atoms with Gasteiger partial charge in [-0.2, -0.15) is 5.10 Å². The molecule has 54 valence electrons. The van der Waals surface area contributed by atoms with Crippen LogP contribution in [0.5, 0.6) is 0 Å². The van der Waals surface area contributed by atoms with Crippen molar-refractivity contribution in [3.63, 3.8) is 0 Å². The van der Waals surface area contributed by atoms with Gasteiger partial charge in [0.15, 0.2) is 5.78 Å². The van der Waals surface area contributed by atoms with E-state index in [9.17, 15) is 4.79 Å². The first-order valence-corrected chi connectivity index (χ1v) is 4.37. The van der Waals surface area contributed by atoms with Gasteiger partial charge in [0, 0.05) is 4.43 Å². The molecule has 0 aromatic carbocycles. The molecule has 1 rings (SSSR count). The van der Waals surface area contributed by atoms with Crippen LogP contribution in [0.1, 0.15) is 23.0 Å². The van der Waals surface area contributed by atoms with E-state index in [1.54, 1.807) is 13.1 Å². The Morgan fingerprint density at radius 1 is 1.90 bits per heavy atom. The van der Waals surface area contributed by atoms with Gasteiger partial charge >= 0.3 is 0 Å². The third kappa shape index (κ3) is 1.36. The Hall–Kier alpha value is -0.390. The zero-order valence-corrected chi connectivity index (χ0v) is 7.68. The van der Waals surface area contributed by atoms with E-state index in [1.165, 1.54) is 0 Å². The Labute approximate surface area is 72.3 Å². The molecule has 0 amide bonds. The van der Waals surface area contributed by atoms with E-state index in [-0.39, 0.29) is 5.78 Å². The summed E-state index contributed by atoms with van der Waals surface area (Å²) in [5.74, 6) is 0.0698. The maximum atomic E-state index is 10.8. The van der Waals surface area contributed by atoms with Crippen LogP contribution in [0.25, 0.3) is 0 Å². The molecule has 3 nitrogen and oxygen atoms in total. The van der Waals surface area contributed by atoms with E-state index >= 15 is 0 Å². The maximum absolute atomic E-state index is 10.8. The molecule has 1 aromatic heterocycles. The minimum atomic E-state index is 0.0698. The van der Waals surface area contributed by atoms with Gasteiger partial charge in [0.1, 0.15) is 0 Å². The predicted molar refractivity (Wildman–Crippen MR) is 46.3 cm³/mol. The van der Waals surface area contributed by atoms with Crippen molar-refractivity contribution in [2.75, 3.05) is 0 Å². The standard InChI is InChI=1S/C6H7IN2O/c1-4(10)5-3-8-9-6(5)2-7/h3H,2H2,1H3,(H,8,9). The Balaban J connectivity index is 3.01. The van der Waals surface area contributed by atoms with Crippen molar-refractivity contribution >= 4 is 28.4 Å². The van der Waals surface area contributed by atoms with Crippen molar-refractivity contribution in [3.8, 4) is 0 Å². The number of nitrogens with zero attached hydrogens (tertiary/aromatic N) is 1. The number of alkyl halides is 1. The van der Waals surface area contributed by atoms with Gasteiger partial charge in [-0.3, -0.25) is 9.89 Å². The molecular formula is C6H7IN2O. The smallest absolute Gasteiger partial charge is 0.163 e. The Bertz CT molecular complexity index is 244. The molecule has 0 aliphatic rings. The van der Waals surface area contributed by atoms with Crippen molar-refractivity contribution < 1.29 is 4.79 Å². The second kappa shape index (κ2) is 3.14. The molecule has 1 N–H and O–H groups in total. The molecule has 0 aliphatic carbocycles. The van der Waals surface area contributed by atoms with Gasteiger partial charge in [0.2, 0.25) is 0 Å². The van der Waals surface area contributed by atoms with Gasteiger partial charge in [-0.1, -0.05) is 22.6 Å². The Kier molecular flexibility index (Phi) is 2.42. The van der Waals surface area contributed by atoms with E-state index in [2.05, 4.69) is 32.8 Å². The topological polar surface area (TPSA) is 45.8 Å². The van der Waals surface area contributed by atoms with Crippen LogP contribution in [0, 0.1) is 0 Å². The van der Waals surface area contributed by atoms with E-state index in [4.69, 9.17) is 0 Å². The van der Waals surface area contributed by atoms with Crippen molar-refractivity contribution in [1.82, 2.24) is 10.2 Å². The van der Waals surface area contributed by atoms with E-state index in [1.807, 2.05) is 0 Å². The molecule has 0 saturated carbocycles. The average molecular weight is 250 g/mol. The summed E-state index contributed by atoms with van der Waals surface area (Å²) in [5.41, 5.74) is 1.61. The fourth-order valence-corrected chi connectivity index (χ4v) is 1.30. The highest BCUT2D eigenvalue weighted by Gasteiger charge is 2.06. The maximum Gasteiger partial charge on any atom is 0.163 e. The lowest BCUT2D eigenvalue weighted by molar-refractivity contribution is 0.101. The zero-order chi connectivity index (χ0) is 7.56. The molecule has 10 heavy (non-hydrogen) atoms. The van der Waals surface area contributed by atoms with E-state index < -0.39 is 0 Å². The van der Waals surface area contributed by atoms with Crippen molar-refractivity contribution in [1.29, 1.82) is 0 Å². The van der Waals surface area contributed by atoms with Gasteiger partial charge in [-0.15, -0.1) is 0 Å². The molecule has 0 bridgehead atoms. The second-order valence-electron chi connectivity index (χ2n) is 1.95. The number of carbonyl (C=O) groups excluding carboxylic acids is 1. The lowest BCUT2D eigenvalue weighted by atomic mass is 10.2. The monoisotopic (exact) mass is 250 g/mol. The molecule has 0 saturated heterocycles. The Morgan fingerprint density at radius 2 is 2.60 bits per heavy atom. The molecule has 1 aromatic rings. The second-order valence-corrected chi connectivity index (χ2v) is 2.71. The summed E-state index contributed by atoms with van der Waals surface area (Å²) in [4.78, 5) is 10.8. The zero-order valence-electron chi connectivity index (χ0n) is 5.52. The first kappa shape index (κ1) is 7.71. The predicted octanol–water partition coefficient (Wildman–Crippen LogP) is 1.55. The summed E-state index contributed by atoms with van der Waals surface area (Å²) in [5, 5.41) is 6.52. The van der Waals surface area contributed by atoms with Crippen LogP contribution < -0.4 is 0 Å². The molecule has 4 heteroatoms. The summed E-state index contributed by atoms with van der Waals surface area (Å²) >= 11 is 2.19.